The van der Waals surface area contributed by atoms with Gasteiger partial charge in [0.25, 0.3) is 0 Å². The molecule has 0 saturated heterocycles. The molecule has 0 heterocycles. The summed E-state index contributed by atoms with van der Waals surface area (Å²) in [5, 5.41) is 12.0. The van der Waals surface area contributed by atoms with Crippen molar-refractivity contribution in [2.24, 2.45) is 0 Å². The summed E-state index contributed by atoms with van der Waals surface area (Å²) in [4.78, 5) is 66.1. The van der Waals surface area contributed by atoms with Gasteiger partial charge in [0, 0.05) is 39.3 Å². The fraction of sp³-hybridized carbons (Fsp3) is 0.853. The van der Waals surface area contributed by atoms with Crippen LogP contribution in [0.25, 0.3) is 0 Å². The van der Waals surface area contributed by atoms with Gasteiger partial charge in [-0.25, -0.2) is 19.2 Å². The lowest BCUT2D eigenvalue weighted by atomic mass is 10.2. The molecule has 280 valence electrons. The van der Waals surface area contributed by atoms with E-state index in [2.05, 4.69) is 5.32 Å². The minimum Gasteiger partial charge on any atom is -0.480 e. The van der Waals surface area contributed by atoms with Gasteiger partial charge in [-0.05, 0) is 122 Å². The van der Waals surface area contributed by atoms with Crippen LogP contribution in [0.15, 0.2) is 0 Å². The largest absolute Gasteiger partial charge is 0.480 e. The van der Waals surface area contributed by atoms with Gasteiger partial charge in [0.1, 0.15) is 28.9 Å². The van der Waals surface area contributed by atoms with Crippen LogP contribution in [0.5, 0.6) is 0 Å². The second kappa shape index (κ2) is 20.2. The predicted octanol–water partition coefficient (Wildman–Crippen LogP) is 6.65. The Kier molecular flexibility index (Phi) is 18.7. The van der Waals surface area contributed by atoms with Crippen LogP contribution in [0.3, 0.4) is 0 Å². The van der Waals surface area contributed by atoms with Gasteiger partial charge in [-0.3, -0.25) is 9.69 Å². The second-order valence-electron chi connectivity index (χ2n) is 15.8. The number of ether oxygens (including phenoxy) is 4. The van der Waals surface area contributed by atoms with E-state index in [1.807, 2.05) is 0 Å². The summed E-state index contributed by atoms with van der Waals surface area (Å²) in [6, 6.07) is 0. The monoisotopic (exact) mass is 688 g/mol. The Hall–Kier alpha value is -3.45. The molecule has 2 N–H and O–H groups in total. The average molecular weight is 689 g/mol. The Morgan fingerprint density at radius 1 is 0.479 bits per heavy atom. The zero-order chi connectivity index (χ0) is 37.3. The van der Waals surface area contributed by atoms with Crippen molar-refractivity contribution in [1.82, 2.24) is 20.0 Å². The van der Waals surface area contributed by atoms with Crippen LogP contribution in [0, 0.1) is 0 Å². The lowest BCUT2D eigenvalue weighted by molar-refractivity contribution is -0.138. The first-order valence-electron chi connectivity index (χ1n) is 16.9. The summed E-state index contributed by atoms with van der Waals surface area (Å²) < 4.78 is 21.8. The molecule has 0 unspecified atom stereocenters. The normalized spacial score (nSPS) is 12.1. The van der Waals surface area contributed by atoms with Crippen molar-refractivity contribution in [1.29, 1.82) is 0 Å². The highest BCUT2D eigenvalue weighted by atomic mass is 16.6. The van der Waals surface area contributed by atoms with Crippen molar-refractivity contribution in [3.63, 3.8) is 0 Å². The van der Waals surface area contributed by atoms with Crippen molar-refractivity contribution in [3.8, 4) is 0 Å². The number of amides is 4. The number of carboxylic acids is 1. The molecule has 14 nitrogen and oxygen atoms in total. The molecule has 0 aliphatic carbocycles. The number of rotatable bonds is 17. The average Bonchev–Trinajstić information content (AvgIpc) is 2.85. The summed E-state index contributed by atoms with van der Waals surface area (Å²) in [7, 11) is 0. The highest BCUT2D eigenvalue weighted by Crippen LogP contribution is 2.15. The molecular weight excluding hydrogens is 624 g/mol. The molecule has 14 heteroatoms. The lowest BCUT2D eigenvalue weighted by Crippen LogP contribution is -2.41. The van der Waals surface area contributed by atoms with Crippen LogP contribution in [0.2, 0.25) is 0 Å². The molecule has 0 fully saturated rings. The minimum absolute atomic E-state index is 0.154. The number of alkyl carbamates (subject to hydrolysis) is 1. The van der Waals surface area contributed by atoms with Gasteiger partial charge in [0.15, 0.2) is 0 Å². The van der Waals surface area contributed by atoms with Crippen molar-refractivity contribution >= 4 is 30.3 Å². The zero-order valence-corrected chi connectivity index (χ0v) is 31.7. The fourth-order valence-corrected chi connectivity index (χ4v) is 4.11. The maximum atomic E-state index is 13.0. The van der Waals surface area contributed by atoms with Crippen LogP contribution in [-0.2, 0) is 23.7 Å². The van der Waals surface area contributed by atoms with E-state index in [1.54, 1.807) is 92.9 Å². The Labute approximate surface area is 288 Å². The van der Waals surface area contributed by atoms with E-state index < -0.39 is 59.3 Å². The highest BCUT2D eigenvalue weighted by molar-refractivity contribution is 5.77. The summed E-state index contributed by atoms with van der Waals surface area (Å²) in [6.07, 6.45) is 1.32. The van der Waals surface area contributed by atoms with E-state index in [9.17, 15) is 29.1 Å². The maximum Gasteiger partial charge on any atom is 0.410 e. The van der Waals surface area contributed by atoms with E-state index in [0.29, 0.717) is 71.2 Å². The first-order chi connectivity index (χ1) is 21.8. The molecule has 0 bridgehead atoms. The number of carboxylic acid groups (broad SMARTS) is 1. The Morgan fingerprint density at radius 2 is 0.771 bits per heavy atom. The highest BCUT2D eigenvalue weighted by Gasteiger charge is 2.26. The minimum atomic E-state index is -1.14. The van der Waals surface area contributed by atoms with E-state index in [0.717, 1.165) is 4.90 Å². The van der Waals surface area contributed by atoms with Crippen LogP contribution in [0.1, 0.15) is 122 Å². The van der Waals surface area contributed by atoms with E-state index in [1.165, 1.54) is 0 Å². The van der Waals surface area contributed by atoms with Gasteiger partial charge < -0.3 is 39.2 Å². The Bertz CT molecular complexity index is 1020. The Morgan fingerprint density at radius 3 is 1.08 bits per heavy atom. The first kappa shape index (κ1) is 44.5. The van der Waals surface area contributed by atoms with Gasteiger partial charge in [0.2, 0.25) is 0 Å². The zero-order valence-electron chi connectivity index (χ0n) is 31.7. The van der Waals surface area contributed by atoms with E-state index in [-0.39, 0.29) is 6.54 Å². The van der Waals surface area contributed by atoms with Gasteiger partial charge in [-0.15, -0.1) is 0 Å². The number of carbonyl (C=O) groups excluding carboxylic acids is 4. The molecule has 0 aromatic heterocycles. The number of carbonyl (C=O) groups is 5. The Balaban J connectivity index is 5.22. The standard InChI is InChI=1S/C34H64N4O10/c1-31(2,3)45-27(41)35-19-13-14-20-36(28(42)46-32(4,5)6)21-15-16-22-37(29(43)47-33(7,8)9)23-17-18-24-38(25-26(39)40)30(44)48-34(10,11)12/h13-25H2,1-12H3,(H,35,41)(H,39,40). The first-order valence-corrected chi connectivity index (χ1v) is 16.9. The number of hydrogen-bond donors (Lipinski definition) is 2. The quantitative estimate of drug-likeness (QED) is 0.125. The summed E-state index contributed by atoms with van der Waals surface area (Å²) in [5.41, 5.74) is -2.71. The topological polar surface area (TPSA) is 164 Å². The molecule has 0 aromatic rings. The SMILES string of the molecule is CC(C)(C)OC(=O)NCCCCN(CCCCN(CCCCN(CC(=O)O)C(=O)OC(C)(C)C)C(=O)OC(C)(C)C)C(=O)OC(C)(C)C. The molecular formula is C34H64N4O10. The number of nitrogens with one attached hydrogen (secondary N) is 1. The van der Waals surface area contributed by atoms with Crippen molar-refractivity contribution < 1.29 is 48.0 Å². The van der Waals surface area contributed by atoms with Crippen molar-refractivity contribution in [2.75, 3.05) is 45.8 Å². The maximum absolute atomic E-state index is 13.0. The molecule has 0 aliphatic heterocycles. The summed E-state index contributed by atoms with van der Waals surface area (Å²) in [5.74, 6) is -1.14. The third kappa shape index (κ3) is 24.7. The van der Waals surface area contributed by atoms with Crippen molar-refractivity contribution in [2.45, 2.75) is 144 Å². The predicted molar refractivity (Wildman–Crippen MR) is 183 cm³/mol. The van der Waals surface area contributed by atoms with E-state index in [4.69, 9.17) is 18.9 Å². The number of aliphatic carboxylic acids is 1. The molecule has 48 heavy (non-hydrogen) atoms. The van der Waals surface area contributed by atoms with Gasteiger partial charge in [-0.1, -0.05) is 0 Å². The van der Waals surface area contributed by atoms with Crippen LogP contribution in [-0.4, -0.2) is 118 Å². The van der Waals surface area contributed by atoms with Crippen LogP contribution in [0.4, 0.5) is 19.2 Å². The van der Waals surface area contributed by atoms with Crippen LogP contribution >= 0.6 is 0 Å². The van der Waals surface area contributed by atoms with Gasteiger partial charge >= 0.3 is 30.3 Å². The molecule has 0 aliphatic rings. The van der Waals surface area contributed by atoms with E-state index >= 15 is 0 Å². The van der Waals surface area contributed by atoms with Gasteiger partial charge in [-0.2, -0.15) is 0 Å². The number of nitrogens with zero attached hydrogens (tertiary/aromatic N) is 3. The lowest BCUT2D eigenvalue weighted by Gasteiger charge is -2.29. The molecule has 0 rings (SSSR count). The number of hydrogen-bond acceptors (Lipinski definition) is 9. The molecule has 0 radical (unpaired) electrons. The fourth-order valence-electron chi connectivity index (χ4n) is 4.11. The second-order valence-corrected chi connectivity index (χ2v) is 15.8. The smallest absolute Gasteiger partial charge is 0.410 e. The van der Waals surface area contributed by atoms with Gasteiger partial charge in [0.05, 0.1) is 0 Å². The molecule has 0 aromatic carbocycles. The summed E-state index contributed by atoms with van der Waals surface area (Å²) >= 11 is 0. The third-order valence-corrected chi connectivity index (χ3v) is 6.02. The number of unbranched alkanes of at least 4 members (excludes halogenated alkanes) is 3. The van der Waals surface area contributed by atoms with Crippen molar-refractivity contribution in [3.05, 3.63) is 0 Å². The summed E-state index contributed by atoms with van der Waals surface area (Å²) in [6.45, 7) is 22.9. The molecule has 0 saturated carbocycles. The third-order valence-electron chi connectivity index (χ3n) is 6.02. The molecule has 0 spiro atoms. The molecule has 4 amide bonds. The van der Waals surface area contributed by atoms with Crippen LogP contribution < -0.4 is 5.32 Å². The molecule has 0 atom stereocenters.